The van der Waals surface area contributed by atoms with E-state index in [1.807, 2.05) is 0 Å². The number of nitrogens with one attached hydrogen (secondary N) is 1. The van der Waals surface area contributed by atoms with Crippen LogP contribution in [-0.2, 0) is 10.0 Å². The first kappa shape index (κ1) is 13.3. The zero-order valence-corrected chi connectivity index (χ0v) is 11.0. The van der Waals surface area contributed by atoms with Crippen molar-refractivity contribution in [2.75, 3.05) is 25.4 Å². The maximum absolute atomic E-state index is 12.2. The van der Waals surface area contributed by atoms with Crippen LogP contribution >= 0.6 is 0 Å². The molecular weight excluding hydrogens is 240 g/mol. The Bertz CT molecular complexity index is 335. The number of aliphatic hydroxyl groups excluding tert-OH is 1. The molecule has 100 valence electrons. The smallest absolute Gasteiger partial charge is 0.215 e. The average molecular weight is 262 g/mol. The van der Waals surface area contributed by atoms with Gasteiger partial charge in [-0.1, -0.05) is 6.42 Å². The molecule has 0 bridgehead atoms. The van der Waals surface area contributed by atoms with Crippen molar-refractivity contribution < 1.29 is 13.5 Å². The van der Waals surface area contributed by atoms with E-state index in [0.717, 1.165) is 38.6 Å². The summed E-state index contributed by atoms with van der Waals surface area (Å²) in [6, 6.07) is 0.240. The number of piperidine rings is 1. The van der Waals surface area contributed by atoms with Crippen molar-refractivity contribution in [1.82, 2.24) is 9.62 Å². The summed E-state index contributed by atoms with van der Waals surface area (Å²) in [4.78, 5) is 0. The first-order chi connectivity index (χ1) is 8.13. The molecule has 1 unspecified atom stereocenters. The Kier molecular flexibility index (Phi) is 4.41. The largest absolute Gasteiger partial charge is 0.395 e. The van der Waals surface area contributed by atoms with Crippen molar-refractivity contribution >= 4 is 10.0 Å². The van der Waals surface area contributed by atoms with Crippen LogP contribution in [0, 0.1) is 0 Å². The quantitative estimate of drug-likeness (QED) is 0.702. The molecular formula is C11H22N2O3S. The molecule has 6 heteroatoms. The second-order valence-electron chi connectivity index (χ2n) is 4.99. The number of hydrogen-bond donors (Lipinski definition) is 2. The fourth-order valence-electron chi connectivity index (χ4n) is 2.43. The van der Waals surface area contributed by atoms with Crippen LogP contribution in [0.15, 0.2) is 0 Å². The zero-order chi connectivity index (χ0) is 12.3. The van der Waals surface area contributed by atoms with Crippen LogP contribution in [0.25, 0.3) is 0 Å². The lowest BCUT2D eigenvalue weighted by Crippen LogP contribution is -2.45. The van der Waals surface area contributed by atoms with Gasteiger partial charge in [0.05, 0.1) is 12.4 Å². The maximum Gasteiger partial charge on any atom is 0.215 e. The van der Waals surface area contributed by atoms with Gasteiger partial charge in [-0.3, -0.25) is 0 Å². The fraction of sp³-hybridized carbons (Fsp3) is 1.00. The van der Waals surface area contributed by atoms with E-state index >= 15 is 0 Å². The highest BCUT2D eigenvalue weighted by Crippen LogP contribution is 2.29. The lowest BCUT2D eigenvalue weighted by molar-refractivity contribution is 0.249. The van der Waals surface area contributed by atoms with Gasteiger partial charge in [-0.05, 0) is 32.2 Å². The Hall–Kier alpha value is -0.170. The van der Waals surface area contributed by atoms with Gasteiger partial charge in [-0.15, -0.1) is 0 Å². The summed E-state index contributed by atoms with van der Waals surface area (Å²) >= 11 is 0. The van der Waals surface area contributed by atoms with Crippen LogP contribution in [0.4, 0.5) is 0 Å². The van der Waals surface area contributed by atoms with Gasteiger partial charge in [0.25, 0.3) is 0 Å². The average Bonchev–Trinajstić information content (AvgIpc) is 3.10. The van der Waals surface area contributed by atoms with E-state index < -0.39 is 10.0 Å². The number of sulfonamides is 1. The van der Waals surface area contributed by atoms with Crippen LogP contribution < -0.4 is 5.32 Å². The van der Waals surface area contributed by atoms with E-state index in [4.69, 9.17) is 5.11 Å². The summed E-state index contributed by atoms with van der Waals surface area (Å²) in [6.45, 7) is 1.08. The highest BCUT2D eigenvalue weighted by atomic mass is 32.2. The first-order valence-electron chi connectivity index (χ1n) is 6.47. The molecule has 2 aliphatic rings. The molecule has 0 radical (unpaired) electrons. The topological polar surface area (TPSA) is 69.6 Å². The maximum atomic E-state index is 12.2. The van der Waals surface area contributed by atoms with Gasteiger partial charge in [-0.25, -0.2) is 8.42 Å². The summed E-state index contributed by atoms with van der Waals surface area (Å²) < 4.78 is 26.0. The van der Waals surface area contributed by atoms with E-state index in [2.05, 4.69) is 5.32 Å². The number of hydrogen-bond acceptors (Lipinski definition) is 4. The molecule has 2 N–H and O–H groups in total. The third-order valence-electron chi connectivity index (χ3n) is 3.46. The van der Waals surface area contributed by atoms with Gasteiger partial charge in [0.15, 0.2) is 0 Å². The summed E-state index contributed by atoms with van der Waals surface area (Å²) in [6.07, 6.45) is 5.07. The van der Waals surface area contributed by atoms with Crippen LogP contribution in [0.3, 0.4) is 0 Å². The normalized spacial score (nSPS) is 26.4. The summed E-state index contributed by atoms with van der Waals surface area (Å²) in [5.74, 6) is 0.184. The lowest BCUT2D eigenvalue weighted by Gasteiger charge is -2.27. The fourth-order valence-corrected chi connectivity index (χ4v) is 4.44. The number of rotatable bonds is 6. The van der Waals surface area contributed by atoms with Gasteiger partial charge in [-0.2, -0.15) is 4.31 Å². The van der Waals surface area contributed by atoms with Crippen molar-refractivity contribution in [1.29, 1.82) is 0 Å². The molecule has 0 aromatic carbocycles. The standard InChI is InChI=1S/C11H22N2O3S/c14-8-7-13(11-4-5-11)17(15,16)9-10-3-1-2-6-12-10/h10-12,14H,1-9H2. The molecule has 1 heterocycles. The van der Waals surface area contributed by atoms with Crippen molar-refractivity contribution in [3.63, 3.8) is 0 Å². The lowest BCUT2D eigenvalue weighted by atomic mass is 10.1. The summed E-state index contributed by atoms with van der Waals surface area (Å²) in [5, 5.41) is 12.2. The SMILES string of the molecule is O=S(=O)(CC1CCCCN1)N(CCO)C1CC1. The molecule has 2 rings (SSSR count). The van der Waals surface area contributed by atoms with Crippen molar-refractivity contribution in [2.24, 2.45) is 0 Å². The Morgan fingerprint density at radius 2 is 2.00 bits per heavy atom. The minimum atomic E-state index is -3.21. The third kappa shape index (κ3) is 3.64. The Labute approximate surface area is 103 Å². The molecule has 0 aromatic heterocycles. The highest BCUT2D eigenvalue weighted by Gasteiger charge is 2.37. The molecule has 5 nitrogen and oxygen atoms in total. The second-order valence-corrected chi connectivity index (χ2v) is 6.96. The van der Waals surface area contributed by atoms with Crippen molar-refractivity contribution in [3.8, 4) is 0 Å². The third-order valence-corrected chi connectivity index (χ3v) is 5.47. The molecule has 0 amide bonds. The Morgan fingerprint density at radius 3 is 2.53 bits per heavy atom. The van der Waals surface area contributed by atoms with E-state index in [9.17, 15) is 8.42 Å². The molecule has 1 aliphatic heterocycles. The molecule has 1 saturated carbocycles. The van der Waals surface area contributed by atoms with E-state index in [-0.39, 0.29) is 31.0 Å². The summed E-state index contributed by atoms with van der Waals surface area (Å²) in [5.41, 5.74) is 0. The van der Waals surface area contributed by atoms with E-state index in [0.29, 0.717) is 0 Å². The highest BCUT2D eigenvalue weighted by molar-refractivity contribution is 7.89. The minimum Gasteiger partial charge on any atom is -0.395 e. The second kappa shape index (κ2) is 5.65. The van der Waals surface area contributed by atoms with Gasteiger partial charge in [0, 0.05) is 18.6 Å². The molecule has 1 saturated heterocycles. The predicted octanol–water partition coefficient (Wildman–Crippen LogP) is -0.0850. The van der Waals surface area contributed by atoms with Gasteiger partial charge in [0.2, 0.25) is 10.0 Å². The monoisotopic (exact) mass is 262 g/mol. The van der Waals surface area contributed by atoms with Gasteiger partial charge < -0.3 is 10.4 Å². The number of aliphatic hydroxyl groups is 1. The summed E-state index contributed by atoms with van der Waals surface area (Å²) in [7, 11) is -3.21. The van der Waals surface area contributed by atoms with Crippen LogP contribution in [0.2, 0.25) is 0 Å². The Morgan fingerprint density at radius 1 is 1.24 bits per heavy atom. The zero-order valence-electron chi connectivity index (χ0n) is 10.1. The first-order valence-corrected chi connectivity index (χ1v) is 8.08. The van der Waals surface area contributed by atoms with Crippen molar-refractivity contribution in [2.45, 2.75) is 44.2 Å². The molecule has 0 aromatic rings. The van der Waals surface area contributed by atoms with Crippen molar-refractivity contribution in [3.05, 3.63) is 0 Å². The van der Waals surface area contributed by atoms with E-state index in [1.54, 1.807) is 0 Å². The molecule has 1 aliphatic carbocycles. The van der Waals surface area contributed by atoms with Gasteiger partial charge in [0.1, 0.15) is 0 Å². The molecule has 17 heavy (non-hydrogen) atoms. The van der Waals surface area contributed by atoms with Crippen LogP contribution in [-0.4, -0.2) is 55.4 Å². The van der Waals surface area contributed by atoms with Gasteiger partial charge >= 0.3 is 0 Å². The van der Waals surface area contributed by atoms with Crippen LogP contribution in [0.5, 0.6) is 0 Å². The molecule has 2 fully saturated rings. The molecule has 0 spiro atoms. The minimum absolute atomic E-state index is 0.0895. The predicted molar refractivity (Wildman–Crippen MR) is 66.2 cm³/mol. The molecule has 1 atom stereocenters. The number of nitrogens with zero attached hydrogens (tertiary/aromatic N) is 1. The van der Waals surface area contributed by atoms with E-state index in [1.165, 1.54) is 4.31 Å². The van der Waals surface area contributed by atoms with Crippen LogP contribution in [0.1, 0.15) is 32.1 Å². The Balaban J connectivity index is 1.95.